The van der Waals surface area contributed by atoms with E-state index in [1.165, 1.54) is 0 Å². The number of rotatable bonds is 6. The van der Waals surface area contributed by atoms with Gasteiger partial charge < -0.3 is 10.1 Å². The van der Waals surface area contributed by atoms with Gasteiger partial charge in [0.15, 0.2) is 0 Å². The molecule has 0 aromatic carbocycles. The molecule has 1 aliphatic rings. The summed E-state index contributed by atoms with van der Waals surface area (Å²) in [6.45, 7) is 7.18. The van der Waals surface area contributed by atoms with Crippen molar-refractivity contribution in [1.82, 2.24) is 5.32 Å². The van der Waals surface area contributed by atoms with Crippen LogP contribution in [0.2, 0.25) is 0 Å². The fraction of sp³-hybridized carbons (Fsp3) is 0.923. The summed E-state index contributed by atoms with van der Waals surface area (Å²) in [5.41, 5.74) is 0. The van der Waals surface area contributed by atoms with E-state index in [2.05, 4.69) is 19.2 Å². The van der Waals surface area contributed by atoms with E-state index in [1.54, 1.807) is 0 Å². The summed E-state index contributed by atoms with van der Waals surface area (Å²) in [6, 6.07) is 0.156. The molecule has 0 bridgehead atoms. The van der Waals surface area contributed by atoms with Gasteiger partial charge in [0, 0.05) is 13.0 Å². The van der Waals surface area contributed by atoms with Gasteiger partial charge in [0.25, 0.3) is 0 Å². The van der Waals surface area contributed by atoms with Gasteiger partial charge in [-0.3, -0.25) is 4.79 Å². The van der Waals surface area contributed by atoms with Crippen LogP contribution in [0, 0.1) is 5.92 Å². The molecule has 0 spiro atoms. The molecule has 3 atom stereocenters. The second-order valence-corrected chi connectivity index (χ2v) is 5.01. The molecule has 1 heterocycles. The smallest absolute Gasteiger partial charge is 0.220 e. The van der Waals surface area contributed by atoms with Crippen LogP contribution in [0.3, 0.4) is 0 Å². The summed E-state index contributed by atoms with van der Waals surface area (Å²) in [4.78, 5) is 11.7. The van der Waals surface area contributed by atoms with E-state index in [0.29, 0.717) is 12.3 Å². The highest BCUT2D eigenvalue weighted by molar-refractivity contribution is 5.76. The number of hydrogen-bond donors (Lipinski definition) is 1. The van der Waals surface area contributed by atoms with Gasteiger partial charge in [0.05, 0.1) is 12.1 Å². The predicted molar refractivity (Wildman–Crippen MR) is 65.3 cm³/mol. The van der Waals surface area contributed by atoms with Crippen molar-refractivity contribution < 1.29 is 9.53 Å². The molecule has 0 radical (unpaired) electrons. The summed E-state index contributed by atoms with van der Waals surface area (Å²) in [5.74, 6) is 0.658. The third-order valence-electron chi connectivity index (χ3n) is 3.23. The Morgan fingerprint density at radius 3 is 2.81 bits per heavy atom. The lowest BCUT2D eigenvalue weighted by Gasteiger charge is -2.21. The van der Waals surface area contributed by atoms with Crippen LogP contribution in [-0.2, 0) is 9.53 Å². The SMILES string of the molecule is CCC[C@H](C)CC(=O)N[C@@H](C)[C@H]1CCCO1. The molecule has 1 saturated heterocycles. The lowest BCUT2D eigenvalue weighted by molar-refractivity contribution is -0.123. The third-order valence-corrected chi connectivity index (χ3v) is 3.23. The van der Waals surface area contributed by atoms with Crippen LogP contribution in [0.5, 0.6) is 0 Å². The summed E-state index contributed by atoms with van der Waals surface area (Å²) in [5, 5.41) is 3.05. The number of amides is 1. The van der Waals surface area contributed by atoms with Crippen LogP contribution in [0.25, 0.3) is 0 Å². The van der Waals surface area contributed by atoms with Crippen LogP contribution < -0.4 is 5.32 Å². The molecular formula is C13H25NO2. The van der Waals surface area contributed by atoms with E-state index < -0.39 is 0 Å². The quantitative estimate of drug-likeness (QED) is 0.757. The topological polar surface area (TPSA) is 38.3 Å². The minimum absolute atomic E-state index is 0.156. The highest BCUT2D eigenvalue weighted by Crippen LogP contribution is 2.16. The van der Waals surface area contributed by atoms with Gasteiger partial charge in [-0.25, -0.2) is 0 Å². The van der Waals surface area contributed by atoms with Gasteiger partial charge in [-0.05, 0) is 25.7 Å². The third kappa shape index (κ3) is 4.52. The minimum Gasteiger partial charge on any atom is -0.376 e. The highest BCUT2D eigenvalue weighted by atomic mass is 16.5. The van der Waals surface area contributed by atoms with Gasteiger partial charge in [0.1, 0.15) is 0 Å². The number of nitrogens with one attached hydrogen (secondary N) is 1. The van der Waals surface area contributed by atoms with Crippen molar-refractivity contribution in [3.05, 3.63) is 0 Å². The maximum Gasteiger partial charge on any atom is 0.220 e. The number of carbonyl (C=O) groups is 1. The molecule has 0 aromatic heterocycles. The second-order valence-electron chi connectivity index (χ2n) is 5.01. The molecule has 3 heteroatoms. The van der Waals surface area contributed by atoms with Crippen LogP contribution in [0.4, 0.5) is 0 Å². The van der Waals surface area contributed by atoms with Crippen LogP contribution >= 0.6 is 0 Å². The standard InChI is InChI=1S/C13H25NO2/c1-4-6-10(2)9-13(15)14-11(3)12-7-5-8-16-12/h10-12H,4-9H2,1-3H3,(H,14,15)/t10-,11-,12+/m0/s1. The Morgan fingerprint density at radius 1 is 1.50 bits per heavy atom. The Balaban J connectivity index is 2.22. The summed E-state index contributed by atoms with van der Waals surface area (Å²) in [6.07, 6.45) is 5.34. The molecule has 1 rings (SSSR count). The molecule has 0 saturated carbocycles. The second kappa shape index (κ2) is 6.89. The van der Waals surface area contributed by atoms with E-state index in [0.717, 1.165) is 32.3 Å². The van der Waals surface area contributed by atoms with Crippen molar-refractivity contribution in [2.75, 3.05) is 6.61 Å². The molecule has 16 heavy (non-hydrogen) atoms. The lowest BCUT2D eigenvalue weighted by atomic mass is 10.0. The van der Waals surface area contributed by atoms with Crippen LogP contribution in [-0.4, -0.2) is 24.7 Å². The molecule has 1 fully saturated rings. The van der Waals surface area contributed by atoms with E-state index in [4.69, 9.17) is 4.74 Å². The zero-order valence-electron chi connectivity index (χ0n) is 10.8. The van der Waals surface area contributed by atoms with Crippen LogP contribution in [0.1, 0.15) is 52.9 Å². The Bertz CT molecular complexity index is 212. The van der Waals surface area contributed by atoms with Crippen molar-refractivity contribution in [3.63, 3.8) is 0 Å². The Labute approximate surface area is 98.9 Å². The molecule has 1 N–H and O–H groups in total. The molecule has 1 aliphatic heterocycles. The van der Waals surface area contributed by atoms with Gasteiger partial charge in [0.2, 0.25) is 5.91 Å². The summed E-state index contributed by atoms with van der Waals surface area (Å²) in [7, 11) is 0. The first-order chi connectivity index (χ1) is 7.63. The predicted octanol–water partition coefficient (Wildman–Crippen LogP) is 2.50. The normalized spacial score (nSPS) is 24.1. The first kappa shape index (κ1) is 13.5. The van der Waals surface area contributed by atoms with E-state index >= 15 is 0 Å². The molecule has 0 unspecified atom stereocenters. The van der Waals surface area contributed by atoms with E-state index in [9.17, 15) is 4.79 Å². The van der Waals surface area contributed by atoms with Crippen molar-refractivity contribution in [2.45, 2.75) is 65.0 Å². The molecule has 0 aliphatic carbocycles. The lowest BCUT2D eigenvalue weighted by Crippen LogP contribution is -2.41. The monoisotopic (exact) mass is 227 g/mol. The minimum atomic E-state index is 0.156. The number of carbonyl (C=O) groups excluding carboxylic acids is 1. The molecule has 3 nitrogen and oxygen atoms in total. The molecular weight excluding hydrogens is 202 g/mol. The maximum atomic E-state index is 11.7. The van der Waals surface area contributed by atoms with Crippen molar-refractivity contribution >= 4 is 5.91 Å². The average molecular weight is 227 g/mol. The summed E-state index contributed by atoms with van der Waals surface area (Å²) >= 11 is 0. The van der Waals surface area contributed by atoms with Gasteiger partial charge in [-0.1, -0.05) is 26.7 Å². The average Bonchev–Trinajstić information content (AvgIpc) is 2.69. The fourth-order valence-corrected chi connectivity index (χ4v) is 2.31. The van der Waals surface area contributed by atoms with Gasteiger partial charge >= 0.3 is 0 Å². The Hall–Kier alpha value is -0.570. The number of hydrogen-bond acceptors (Lipinski definition) is 2. The molecule has 1 amide bonds. The zero-order valence-corrected chi connectivity index (χ0v) is 10.8. The fourth-order valence-electron chi connectivity index (χ4n) is 2.31. The summed E-state index contributed by atoms with van der Waals surface area (Å²) < 4.78 is 5.55. The maximum absolute atomic E-state index is 11.7. The van der Waals surface area contributed by atoms with Crippen molar-refractivity contribution in [2.24, 2.45) is 5.92 Å². The Morgan fingerprint density at radius 2 is 2.25 bits per heavy atom. The van der Waals surface area contributed by atoms with Gasteiger partial charge in [-0.15, -0.1) is 0 Å². The largest absolute Gasteiger partial charge is 0.376 e. The van der Waals surface area contributed by atoms with Crippen molar-refractivity contribution in [3.8, 4) is 0 Å². The first-order valence-electron chi connectivity index (χ1n) is 6.54. The van der Waals surface area contributed by atoms with E-state index in [1.807, 2.05) is 6.92 Å². The Kier molecular flexibility index (Phi) is 5.81. The van der Waals surface area contributed by atoms with Crippen LogP contribution in [0.15, 0.2) is 0 Å². The number of ether oxygens (including phenoxy) is 1. The first-order valence-corrected chi connectivity index (χ1v) is 6.54. The highest BCUT2D eigenvalue weighted by Gasteiger charge is 2.23. The van der Waals surface area contributed by atoms with E-state index in [-0.39, 0.29) is 18.1 Å². The molecule has 0 aromatic rings. The molecule has 94 valence electrons. The zero-order chi connectivity index (χ0) is 12.0. The van der Waals surface area contributed by atoms with Gasteiger partial charge in [-0.2, -0.15) is 0 Å². The van der Waals surface area contributed by atoms with Crippen molar-refractivity contribution in [1.29, 1.82) is 0 Å².